The van der Waals surface area contributed by atoms with Crippen molar-refractivity contribution in [2.45, 2.75) is 82.9 Å². The second kappa shape index (κ2) is 9.09. The van der Waals surface area contributed by atoms with Crippen molar-refractivity contribution in [1.29, 1.82) is 0 Å². The first-order valence-corrected chi connectivity index (χ1v) is 10.3. The third kappa shape index (κ3) is 5.25. The van der Waals surface area contributed by atoms with Crippen LogP contribution in [0.15, 0.2) is 11.1 Å². The summed E-state index contributed by atoms with van der Waals surface area (Å²) < 4.78 is 52.4. The predicted molar refractivity (Wildman–Crippen MR) is 96.0 cm³/mol. The SMILES string of the molecule is COCC1CCCC(OCC2CC3=C(CCCCC3)CC2C(F)(F)F)C1. The summed E-state index contributed by atoms with van der Waals surface area (Å²) in [4.78, 5) is 0. The summed E-state index contributed by atoms with van der Waals surface area (Å²) in [6, 6.07) is 0. The summed E-state index contributed by atoms with van der Waals surface area (Å²) in [5.41, 5.74) is 2.43. The van der Waals surface area contributed by atoms with E-state index in [9.17, 15) is 13.2 Å². The second-order valence-electron chi connectivity index (χ2n) is 8.53. The van der Waals surface area contributed by atoms with Crippen molar-refractivity contribution in [2.75, 3.05) is 20.3 Å². The number of hydrogen-bond donors (Lipinski definition) is 0. The van der Waals surface area contributed by atoms with Crippen LogP contribution in [0.4, 0.5) is 13.2 Å². The molecular formula is C21H33F3O2. The number of methoxy groups -OCH3 is 1. The molecule has 0 amide bonds. The van der Waals surface area contributed by atoms with Crippen LogP contribution in [0.5, 0.6) is 0 Å². The van der Waals surface area contributed by atoms with Gasteiger partial charge in [-0.1, -0.05) is 24.0 Å². The van der Waals surface area contributed by atoms with E-state index in [-0.39, 0.29) is 19.1 Å². The maximum atomic E-state index is 13.7. The first kappa shape index (κ1) is 20.2. The lowest BCUT2D eigenvalue weighted by Crippen LogP contribution is -2.37. The summed E-state index contributed by atoms with van der Waals surface area (Å²) >= 11 is 0. The molecule has 3 aliphatic carbocycles. The number of halogens is 3. The molecule has 0 N–H and O–H groups in total. The van der Waals surface area contributed by atoms with Gasteiger partial charge in [-0.05, 0) is 69.6 Å². The number of rotatable bonds is 5. The Balaban J connectivity index is 1.62. The van der Waals surface area contributed by atoms with E-state index >= 15 is 0 Å². The molecule has 0 saturated heterocycles. The Hall–Kier alpha value is -0.550. The molecule has 0 aromatic heterocycles. The number of ether oxygens (including phenoxy) is 2. The van der Waals surface area contributed by atoms with Crippen LogP contribution in [0.25, 0.3) is 0 Å². The summed E-state index contributed by atoms with van der Waals surface area (Å²) in [5.74, 6) is -1.15. The summed E-state index contributed by atoms with van der Waals surface area (Å²) in [6.45, 7) is 0.982. The quantitative estimate of drug-likeness (QED) is 0.545. The lowest BCUT2D eigenvalue weighted by molar-refractivity contribution is -0.197. The fourth-order valence-electron chi connectivity index (χ4n) is 5.19. The Kier molecular flexibility index (Phi) is 7.06. The highest BCUT2D eigenvalue weighted by Crippen LogP contribution is 2.47. The molecule has 4 unspecified atom stereocenters. The van der Waals surface area contributed by atoms with Gasteiger partial charge in [0.1, 0.15) is 0 Å². The van der Waals surface area contributed by atoms with Crippen LogP contribution in [0.2, 0.25) is 0 Å². The Morgan fingerprint density at radius 3 is 2.35 bits per heavy atom. The second-order valence-corrected chi connectivity index (χ2v) is 8.53. The highest BCUT2D eigenvalue weighted by Gasteiger charge is 2.47. The molecule has 5 heteroatoms. The Morgan fingerprint density at radius 2 is 1.65 bits per heavy atom. The van der Waals surface area contributed by atoms with Gasteiger partial charge in [0.05, 0.1) is 18.6 Å². The predicted octanol–water partition coefficient (Wildman–Crippen LogP) is 6.06. The van der Waals surface area contributed by atoms with Crippen LogP contribution in [0, 0.1) is 17.8 Å². The van der Waals surface area contributed by atoms with E-state index in [1.54, 1.807) is 7.11 Å². The molecule has 1 fully saturated rings. The Bertz CT molecular complexity index is 484. The van der Waals surface area contributed by atoms with Gasteiger partial charge in [-0.25, -0.2) is 0 Å². The summed E-state index contributed by atoms with van der Waals surface area (Å²) in [6.07, 6.45) is 6.09. The van der Waals surface area contributed by atoms with Crippen molar-refractivity contribution >= 4 is 0 Å². The zero-order valence-electron chi connectivity index (χ0n) is 16.0. The van der Waals surface area contributed by atoms with Gasteiger partial charge in [0, 0.05) is 13.7 Å². The molecule has 1 saturated carbocycles. The smallest absolute Gasteiger partial charge is 0.384 e. The monoisotopic (exact) mass is 374 g/mol. The highest BCUT2D eigenvalue weighted by molar-refractivity contribution is 5.21. The molecule has 0 aromatic carbocycles. The molecule has 2 nitrogen and oxygen atoms in total. The van der Waals surface area contributed by atoms with Crippen molar-refractivity contribution in [2.24, 2.45) is 17.8 Å². The molecule has 0 aliphatic heterocycles. The molecule has 0 bridgehead atoms. The molecule has 0 aromatic rings. The third-order valence-electron chi connectivity index (χ3n) is 6.60. The van der Waals surface area contributed by atoms with Crippen LogP contribution in [-0.2, 0) is 9.47 Å². The fourth-order valence-corrected chi connectivity index (χ4v) is 5.19. The maximum Gasteiger partial charge on any atom is 0.392 e. The standard InChI is InChI=1S/C21H33F3O2/c1-25-13-15-6-5-9-19(10-15)26-14-18-11-16-7-3-2-4-8-17(16)12-20(18)21(22,23)24/h15,18-20H,2-14H2,1H3. The molecule has 3 aliphatic rings. The van der Waals surface area contributed by atoms with Crippen LogP contribution in [0.3, 0.4) is 0 Å². The van der Waals surface area contributed by atoms with Gasteiger partial charge in [-0.2, -0.15) is 13.2 Å². The van der Waals surface area contributed by atoms with Gasteiger partial charge in [0.15, 0.2) is 0 Å². The van der Waals surface area contributed by atoms with Gasteiger partial charge in [-0.15, -0.1) is 0 Å². The van der Waals surface area contributed by atoms with Gasteiger partial charge >= 0.3 is 6.18 Å². The summed E-state index contributed by atoms with van der Waals surface area (Å²) in [5, 5.41) is 0. The van der Waals surface area contributed by atoms with Gasteiger partial charge in [-0.3, -0.25) is 0 Å². The van der Waals surface area contributed by atoms with Crippen molar-refractivity contribution in [3.63, 3.8) is 0 Å². The minimum Gasteiger partial charge on any atom is -0.384 e. The van der Waals surface area contributed by atoms with Gasteiger partial charge < -0.3 is 9.47 Å². The molecule has 3 rings (SSSR count). The largest absolute Gasteiger partial charge is 0.392 e. The zero-order chi connectivity index (χ0) is 18.6. The van der Waals surface area contributed by atoms with Crippen LogP contribution in [0.1, 0.15) is 70.6 Å². The minimum atomic E-state index is -4.12. The number of alkyl halides is 3. The van der Waals surface area contributed by atoms with Crippen molar-refractivity contribution < 1.29 is 22.6 Å². The molecule has 0 radical (unpaired) electrons. The molecule has 26 heavy (non-hydrogen) atoms. The first-order chi connectivity index (χ1) is 12.5. The fraction of sp³-hybridized carbons (Fsp3) is 0.905. The lowest BCUT2D eigenvalue weighted by atomic mass is 9.74. The average Bonchev–Trinajstić information content (AvgIpc) is 2.84. The Labute approximate surface area is 155 Å². The van der Waals surface area contributed by atoms with E-state index in [2.05, 4.69) is 0 Å². The lowest BCUT2D eigenvalue weighted by Gasteiger charge is -2.37. The van der Waals surface area contributed by atoms with Gasteiger partial charge in [0.2, 0.25) is 0 Å². The van der Waals surface area contributed by atoms with Crippen LogP contribution in [-0.4, -0.2) is 32.6 Å². The van der Waals surface area contributed by atoms with Crippen molar-refractivity contribution in [3.8, 4) is 0 Å². The number of allylic oxidation sites excluding steroid dienone is 2. The van der Waals surface area contributed by atoms with Gasteiger partial charge in [0.25, 0.3) is 0 Å². The Morgan fingerprint density at radius 1 is 0.923 bits per heavy atom. The zero-order valence-corrected chi connectivity index (χ0v) is 16.0. The van der Waals surface area contributed by atoms with Crippen molar-refractivity contribution in [1.82, 2.24) is 0 Å². The average molecular weight is 374 g/mol. The maximum absolute atomic E-state index is 13.7. The van der Waals surface area contributed by atoms with Crippen LogP contribution >= 0.6 is 0 Å². The molecule has 0 spiro atoms. The van der Waals surface area contributed by atoms with E-state index in [0.717, 1.165) is 70.0 Å². The third-order valence-corrected chi connectivity index (χ3v) is 6.60. The van der Waals surface area contributed by atoms with E-state index < -0.39 is 18.0 Å². The van der Waals surface area contributed by atoms with E-state index in [1.165, 1.54) is 5.57 Å². The van der Waals surface area contributed by atoms with E-state index in [1.807, 2.05) is 0 Å². The topological polar surface area (TPSA) is 18.5 Å². The van der Waals surface area contributed by atoms with Crippen molar-refractivity contribution in [3.05, 3.63) is 11.1 Å². The summed E-state index contributed by atoms with van der Waals surface area (Å²) in [7, 11) is 1.71. The number of hydrogen-bond acceptors (Lipinski definition) is 2. The minimum absolute atomic E-state index is 0.0993. The van der Waals surface area contributed by atoms with E-state index in [0.29, 0.717) is 12.3 Å². The molecule has 4 atom stereocenters. The van der Waals surface area contributed by atoms with Crippen LogP contribution < -0.4 is 0 Å². The molecule has 150 valence electrons. The highest BCUT2D eigenvalue weighted by atomic mass is 19.4. The normalized spacial score (nSPS) is 33.7. The van der Waals surface area contributed by atoms with E-state index in [4.69, 9.17) is 9.47 Å². The molecular weight excluding hydrogens is 341 g/mol. The first-order valence-electron chi connectivity index (χ1n) is 10.3. The molecule has 0 heterocycles.